The maximum absolute atomic E-state index is 14.0. The number of ether oxygens (including phenoxy) is 2. The molecule has 32 heavy (non-hydrogen) atoms. The fourth-order valence-corrected chi connectivity index (χ4v) is 7.36. The Morgan fingerprint density at radius 2 is 1.72 bits per heavy atom. The lowest BCUT2D eigenvalue weighted by molar-refractivity contribution is -0.277. The topological polar surface area (TPSA) is 82.8 Å². The molecule has 5 rings (SSSR count). The SMILES string of the molecule is CC1(C)C(=O)C=CC2(C)C1=CC(=O)C1(C)C2CC[C@@]2(C)[C@H](c3ccoc3)OC(=O)OC12C. The first kappa shape index (κ1) is 21.2. The molecule has 1 aromatic heterocycles. The fraction of sp³-hybridized carbons (Fsp3) is 0.577. The smallest absolute Gasteiger partial charge is 0.472 e. The van der Waals surface area contributed by atoms with E-state index in [1.165, 1.54) is 0 Å². The molecule has 2 heterocycles. The predicted molar refractivity (Wildman–Crippen MR) is 115 cm³/mol. The zero-order valence-electron chi connectivity index (χ0n) is 19.5. The molecule has 0 amide bonds. The number of carbonyl (C=O) groups is 3. The van der Waals surface area contributed by atoms with Crippen LogP contribution < -0.4 is 0 Å². The summed E-state index contributed by atoms with van der Waals surface area (Å²) in [6.45, 7) is 11.7. The van der Waals surface area contributed by atoms with Crippen LogP contribution in [0.4, 0.5) is 4.79 Å². The minimum absolute atomic E-state index is 0.00186. The van der Waals surface area contributed by atoms with E-state index in [-0.39, 0.29) is 17.5 Å². The molecular formula is C26H30O6. The van der Waals surface area contributed by atoms with E-state index in [9.17, 15) is 14.4 Å². The largest absolute Gasteiger partial charge is 0.509 e. The molecule has 4 aliphatic rings. The minimum Gasteiger partial charge on any atom is -0.472 e. The van der Waals surface area contributed by atoms with Gasteiger partial charge in [-0.05, 0) is 70.2 Å². The molecule has 1 saturated carbocycles. The van der Waals surface area contributed by atoms with Crippen molar-refractivity contribution < 1.29 is 28.3 Å². The first-order chi connectivity index (χ1) is 14.8. The van der Waals surface area contributed by atoms with E-state index >= 15 is 0 Å². The van der Waals surface area contributed by atoms with Crippen molar-refractivity contribution in [3.05, 3.63) is 48.0 Å². The molecule has 0 spiro atoms. The van der Waals surface area contributed by atoms with Crippen molar-refractivity contribution in [2.75, 3.05) is 0 Å². The van der Waals surface area contributed by atoms with E-state index in [1.54, 1.807) is 30.7 Å². The van der Waals surface area contributed by atoms with Crippen LogP contribution in [0.15, 0.2) is 46.8 Å². The Bertz CT molecular complexity index is 1090. The molecule has 6 heteroatoms. The number of fused-ring (bicyclic) bond motifs is 5. The molecule has 1 saturated heterocycles. The van der Waals surface area contributed by atoms with Crippen molar-refractivity contribution in [2.24, 2.45) is 27.6 Å². The van der Waals surface area contributed by atoms with Crippen LogP contribution in [0.1, 0.15) is 66.1 Å². The summed E-state index contributed by atoms with van der Waals surface area (Å²) in [4.78, 5) is 39.4. The number of allylic oxidation sites excluding steroid dienone is 4. The minimum atomic E-state index is -1.12. The molecule has 6 atom stereocenters. The standard InChI is InChI=1S/C26H30O6/c1-22(2)17-13-19(28)25(5)16(23(17,3)10-8-18(22)27)7-11-24(4)20(15-9-12-30-14-15)31-21(29)32-26(24,25)6/h8-10,12-14,16,20H,7,11H2,1-6H3/t16?,20-,23?,24-,25?,26?/m0/s1. The Hall–Kier alpha value is -2.63. The summed E-state index contributed by atoms with van der Waals surface area (Å²) in [6, 6.07) is 1.80. The Balaban J connectivity index is 1.72. The van der Waals surface area contributed by atoms with E-state index in [2.05, 4.69) is 6.92 Å². The Morgan fingerprint density at radius 1 is 1.00 bits per heavy atom. The summed E-state index contributed by atoms with van der Waals surface area (Å²) >= 11 is 0. The summed E-state index contributed by atoms with van der Waals surface area (Å²) < 4.78 is 17.0. The van der Waals surface area contributed by atoms with Gasteiger partial charge in [0.05, 0.1) is 17.9 Å². The second-order valence-electron chi connectivity index (χ2n) is 11.2. The van der Waals surface area contributed by atoms with Gasteiger partial charge in [-0.25, -0.2) is 4.79 Å². The number of cyclic esters (lactones) is 1. The molecule has 6 nitrogen and oxygen atoms in total. The highest BCUT2D eigenvalue weighted by Crippen LogP contribution is 2.71. The molecule has 4 unspecified atom stereocenters. The normalized spacial score (nSPS) is 44.6. The average Bonchev–Trinajstić information content (AvgIpc) is 3.24. The fourth-order valence-electron chi connectivity index (χ4n) is 7.36. The Kier molecular flexibility index (Phi) is 4.00. The molecule has 2 fully saturated rings. The van der Waals surface area contributed by atoms with Gasteiger partial charge in [0.1, 0.15) is 11.7 Å². The van der Waals surface area contributed by atoms with Crippen LogP contribution in [0.2, 0.25) is 0 Å². The average molecular weight is 439 g/mol. The second-order valence-corrected chi connectivity index (χ2v) is 11.2. The van der Waals surface area contributed by atoms with Gasteiger partial charge in [-0.3, -0.25) is 9.59 Å². The van der Waals surface area contributed by atoms with E-state index < -0.39 is 39.5 Å². The highest BCUT2D eigenvalue weighted by molar-refractivity contribution is 6.04. The third-order valence-electron chi connectivity index (χ3n) is 9.62. The van der Waals surface area contributed by atoms with Crippen LogP contribution >= 0.6 is 0 Å². The van der Waals surface area contributed by atoms with Crippen molar-refractivity contribution in [3.63, 3.8) is 0 Å². The summed E-state index contributed by atoms with van der Waals surface area (Å²) in [5.74, 6) is -0.234. The first-order valence-corrected chi connectivity index (χ1v) is 11.2. The molecule has 0 radical (unpaired) electrons. The maximum atomic E-state index is 14.0. The molecule has 0 bridgehead atoms. The third kappa shape index (κ3) is 2.18. The lowest BCUT2D eigenvalue weighted by atomic mass is 9.38. The van der Waals surface area contributed by atoms with Gasteiger partial charge in [0, 0.05) is 21.8 Å². The lowest BCUT2D eigenvalue weighted by Crippen LogP contribution is -2.73. The lowest BCUT2D eigenvalue weighted by Gasteiger charge is -2.68. The number of ketones is 2. The Morgan fingerprint density at radius 3 is 2.38 bits per heavy atom. The predicted octanol–water partition coefficient (Wildman–Crippen LogP) is 5.35. The quantitative estimate of drug-likeness (QED) is 0.550. The van der Waals surface area contributed by atoms with Gasteiger partial charge in [-0.15, -0.1) is 0 Å². The summed E-state index contributed by atoms with van der Waals surface area (Å²) in [5, 5.41) is 0. The number of hydrogen-bond acceptors (Lipinski definition) is 6. The van der Waals surface area contributed by atoms with E-state index in [0.29, 0.717) is 6.42 Å². The van der Waals surface area contributed by atoms with Gasteiger partial charge in [0.25, 0.3) is 0 Å². The first-order valence-electron chi connectivity index (χ1n) is 11.2. The Labute approximate surface area is 188 Å². The number of carbonyl (C=O) groups excluding carboxylic acids is 3. The number of furan rings is 1. The highest BCUT2D eigenvalue weighted by atomic mass is 16.7. The van der Waals surface area contributed by atoms with Crippen LogP contribution in [0.3, 0.4) is 0 Å². The van der Waals surface area contributed by atoms with E-state index in [1.807, 2.05) is 40.7 Å². The molecule has 1 aromatic rings. The van der Waals surface area contributed by atoms with Gasteiger partial charge >= 0.3 is 6.16 Å². The monoisotopic (exact) mass is 438 g/mol. The van der Waals surface area contributed by atoms with Crippen LogP contribution in [0, 0.1) is 27.6 Å². The van der Waals surface area contributed by atoms with Gasteiger partial charge in [-0.2, -0.15) is 0 Å². The van der Waals surface area contributed by atoms with Crippen LogP contribution in [0.5, 0.6) is 0 Å². The highest BCUT2D eigenvalue weighted by Gasteiger charge is 2.75. The molecular weight excluding hydrogens is 408 g/mol. The van der Waals surface area contributed by atoms with Crippen molar-refractivity contribution in [1.82, 2.24) is 0 Å². The van der Waals surface area contributed by atoms with Gasteiger partial charge in [-0.1, -0.05) is 19.9 Å². The van der Waals surface area contributed by atoms with Crippen molar-refractivity contribution in [2.45, 2.75) is 66.1 Å². The number of hydrogen-bond donors (Lipinski definition) is 0. The van der Waals surface area contributed by atoms with Crippen LogP contribution in [-0.4, -0.2) is 23.3 Å². The zero-order chi connectivity index (χ0) is 23.3. The maximum Gasteiger partial charge on any atom is 0.509 e. The third-order valence-corrected chi connectivity index (χ3v) is 9.62. The van der Waals surface area contributed by atoms with Gasteiger partial charge in [0.2, 0.25) is 0 Å². The van der Waals surface area contributed by atoms with Crippen molar-refractivity contribution in [3.8, 4) is 0 Å². The van der Waals surface area contributed by atoms with E-state index in [4.69, 9.17) is 13.9 Å². The van der Waals surface area contributed by atoms with Crippen molar-refractivity contribution >= 4 is 17.7 Å². The summed E-state index contributed by atoms with van der Waals surface area (Å²) in [7, 11) is 0. The molecule has 0 N–H and O–H groups in total. The molecule has 0 aromatic carbocycles. The molecule has 1 aliphatic heterocycles. The van der Waals surface area contributed by atoms with Crippen LogP contribution in [0.25, 0.3) is 0 Å². The van der Waals surface area contributed by atoms with Gasteiger partial charge < -0.3 is 13.9 Å². The molecule has 170 valence electrons. The van der Waals surface area contributed by atoms with Crippen molar-refractivity contribution in [1.29, 1.82) is 0 Å². The number of rotatable bonds is 1. The van der Waals surface area contributed by atoms with E-state index in [0.717, 1.165) is 17.6 Å². The van der Waals surface area contributed by atoms with Gasteiger partial charge in [0.15, 0.2) is 11.6 Å². The van der Waals surface area contributed by atoms with Crippen LogP contribution in [-0.2, 0) is 19.1 Å². The molecule has 3 aliphatic carbocycles. The zero-order valence-corrected chi connectivity index (χ0v) is 19.5. The summed E-state index contributed by atoms with van der Waals surface area (Å²) in [5.41, 5.74) is -2.43. The second kappa shape index (κ2) is 6.03. The summed E-state index contributed by atoms with van der Waals surface area (Å²) in [6.07, 6.45) is 8.47.